The van der Waals surface area contributed by atoms with Gasteiger partial charge in [-0.3, -0.25) is 14.9 Å². The molecule has 178 valence electrons. The van der Waals surface area contributed by atoms with Crippen molar-refractivity contribution in [2.45, 2.75) is 11.8 Å². The number of urea groups is 1. The Bertz CT molecular complexity index is 1450. The van der Waals surface area contributed by atoms with Gasteiger partial charge in [0.15, 0.2) is 11.5 Å². The SMILES string of the molecule is COc1cc(/C=C2\C(=O)NC(=O)N(c3ccccc3)C2=O)ccc1OS(=O)(=O)c1ccc(C)cc1. The highest BCUT2D eigenvalue weighted by atomic mass is 32.2. The van der Waals surface area contributed by atoms with Gasteiger partial charge in [0.1, 0.15) is 10.5 Å². The van der Waals surface area contributed by atoms with Gasteiger partial charge in [-0.25, -0.2) is 9.69 Å². The van der Waals surface area contributed by atoms with Crippen molar-refractivity contribution in [2.75, 3.05) is 12.0 Å². The van der Waals surface area contributed by atoms with Crippen molar-refractivity contribution in [1.29, 1.82) is 0 Å². The standard InChI is InChI=1S/C25H20N2O7S/c1-16-8-11-19(12-9-16)35(31,32)34-21-13-10-17(15-22(21)33-2)14-20-23(28)26-25(30)27(24(20)29)18-6-4-3-5-7-18/h3-15H,1-2H3,(H,26,28,30)/b20-14+. The summed E-state index contributed by atoms with van der Waals surface area (Å²) in [7, 11) is -2.80. The molecule has 4 amide bonds. The number of aryl methyl sites for hydroxylation is 1. The van der Waals surface area contributed by atoms with Crippen LogP contribution in [0.3, 0.4) is 0 Å². The largest absolute Gasteiger partial charge is 0.493 e. The van der Waals surface area contributed by atoms with Crippen molar-refractivity contribution in [2.24, 2.45) is 0 Å². The van der Waals surface area contributed by atoms with Gasteiger partial charge in [-0.05, 0) is 55.0 Å². The van der Waals surface area contributed by atoms with Crippen molar-refractivity contribution >= 4 is 39.7 Å². The fourth-order valence-corrected chi connectivity index (χ4v) is 4.29. The molecule has 0 saturated carbocycles. The Kier molecular flexibility index (Phi) is 6.39. The van der Waals surface area contributed by atoms with E-state index in [1.54, 1.807) is 42.5 Å². The fourth-order valence-electron chi connectivity index (χ4n) is 3.35. The number of benzene rings is 3. The second-order valence-corrected chi connectivity index (χ2v) is 9.10. The lowest BCUT2D eigenvalue weighted by atomic mass is 10.1. The Morgan fingerprint density at radius 2 is 1.57 bits per heavy atom. The summed E-state index contributed by atoms with van der Waals surface area (Å²) in [5.41, 5.74) is 1.27. The number of para-hydroxylation sites is 1. The minimum absolute atomic E-state index is 0.0218. The molecule has 1 aliphatic rings. The number of nitrogens with one attached hydrogen (secondary N) is 1. The number of imide groups is 2. The summed E-state index contributed by atoms with van der Waals surface area (Å²) in [6.45, 7) is 1.83. The summed E-state index contributed by atoms with van der Waals surface area (Å²) in [4.78, 5) is 38.5. The minimum Gasteiger partial charge on any atom is -0.493 e. The highest BCUT2D eigenvalue weighted by Gasteiger charge is 2.36. The summed E-state index contributed by atoms with van der Waals surface area (Å²) >= 11 is 0. The van der Waals surface area contributed by atoms with Crippen LogP contribution >= 0.6 is 0 Å². The Morgan fingerprint density at radius 3 is 2.23 bits per heavy atom. The van der Waals surface area contributed by atoms with E-state index in [2.05, 4.69) is 5.32 Å². The average Bonchev–Trinajstić information content (AvgIpc) is 2.83. The smallest absolute Gasteiger partial charge is 0.339 e. The Labute approximate surface area is 201 Å². The summed E-state index contributed by atoms with van der Waals surface area (Å²) in [5, 5.41) is 2.15. The maximum absolute atomic E-state index is 13.0. The summed E-state index contributed by atoms with van der Waals surface area (Å²) in [5.74, 6) is -1.66. The number of carbonyl (C=O) groups excluding carboxylic acids is 3. The number of rotatable bonds is 6. The molecule has 0 aliphatic carbocycles. The van der Waals surface area contributed by atoms with Gasteiger partial charge in [0, 0.05) is 0 Å². The molecule has 1 aliphatic heterocycles. The molecule has 0 atom stereocenters. The van der Waals surface area contributed by atoms with Crippen LogP contribution in [0.5, 0.6) is 11.5 Å². The minimum atomic E-state index is -4.12. The molecule has 0 unspecified atom stereocenters. The topological polar surface area (TPSA) is 119 Å². The van der Waals surface area contributed by atoms with Gasteiger partial charge in [-0.15, -0.1) is 0 Å². The van der Waals surface area contributed by atoms with Crippen LogP contribution in [0, 0.1) is 6.92 Å². The lowest BCUT2D eigenvalue weighted by Crippen LogP contribution is -2.54. The highest BCUT2D eigenvalue weighted by Crippen LogP contribution is 2.32. The quantitative estimate of drug-likeness (QED) is 0.318. The number of ether oxygens (including phenoxy) is 1. The van der Waals surface area contributed by atoms with E-state index >= 15 is 0 Å². The summed E-state index contributed by atoms with van der Waals surface area (Å²) < 4.78 is 35.8. The van der Waals surface area contributed by atoms with Gasteiger partial charge in [-0.2, -0.15) is 8.42 Å². The van der Waals surface area contributed by atoms with Crippen LogP contribution < -0.4 is 19.1 Å². The average molecular weight is 493 g/mol. The van der Waals surface area contributed by atoms with Crippen LogP contribution in [0.4, 0.5) is 10.5 Å². The molecule has 1 saturated heterocycles. The van der Waals surface area contributed by atoms with Gasteiger partial charge in [0.05, 0.1) is 12.8 Å². The van der Waals surface area contributed by atoms with Crippen LogP contribution in [0.25, 0.3) is 6.08 Å². The first-order valence-electron chi connectivity index (χ1n) is 10.4. The number of nitrogens with zero attached hydrogens (tertiary/aromatic N) is 1. The maximum Gasteiger partial charge on any atom is 0.339 e. The molecule has 10 heteroatoms. The lowest BCUT2D eigenvalue weighted by molar-refractivity contribution is -0.122. The van der Waals surface area contributed by atoms with Gasteiger partial charge >= 0.3 is 16.1 Å². The Balaban J connectivity index is 1.65. The van der Waals surface area contributed by atoms with E-state index in [9.17, 15) is 22.8 Å². The number of carbonyl (C=O) groups is 3. The molecule has 4 rings (SSSR count). The monoisotopic (exact) mass is 492 g/mol. The zero-order valence-corrected chi connectivity index (χ0v) is 19.5. The molecule has 0 bridgehead atoms. The molecule has 1 fully saturated rings. The van der Waals surface area contributed by atoms with Crippen molar-refractivity contribution in [1.82, 2.24) is 5.32 Å². The predicted octanol–water partition coefficient (Wildman–Crippen LogP) is 3.44. The molecule has 35 heavy (non-hydrogen) atoms. The van der Waals surface area contributed by atoms with Crippen molar-refractivity contribution in [3.8, 4) is 11.5 Å². The van der Waals surface area contributed by atoms with Crippen LogP contribution in [0.1, 0.15) is 11.1 Å². The molecule has 9 nitrogen and oxygen atoms in total. The second-order valence-electron chi connectivity index (χ2n) is 7.55. The number of amides is 4. The normalized spacial score (nSPS) is 15.2. The van der Waals surface area contributed by atoms with Crippen LogP contribution in [0.15, 0.2) is 83.3 Å². The van der Waals surface area contributed by atoms with E-state index in [1.165, 1.54) is 43.5 Å². The van der Waals surface area contributed by atoms with E-state index in [-0.39, 0.29) is 22.0 Å². The van der Waals surface area contributed by atoms with E-state index < -0.39 is 28.0 Å². The molecule has 1 heterocycles. The van der Waals surface area contributed by atoms with Crippen molar-refractivity contribution in [3.05, 3.63) is 89.5 Å². The third-order valence-corrected chi connectivity index (χ3v) is 6.37. The van der Waals surface area contributed by atoms with Gasteiger partial charge < -0.3 is 8.92 Å². The van der Waals surface area contributed by atoms with E-state index in [0.717, 1.165) is 10.5 Å². The predicted molar refractivity (Wildman–Crippen MR) is 127 cm³/mol. The third-order valence-electron chi connectivity index (χ3n) is 5.12. The Morgan fingerprint density at radius 1 is 0.886 bits per heavy atom. The molecule has 3 aromatic carbocycles. The van der Waals surface area contributed by atoms with Gasteiger partial charge in [0.25, 0.3) is 11.8 Å². The first-order valence-corrected chi connectivity index (χ1v) is 11.8. The zero-order chi connectivity index (χ0) is 25.2. The molecular formula is C25H20N2O7S. The molecular weight excluding hydrogens is 472 g/mol. The second kappa shape index (κ2) is 9.43. The zero-order valence-electron chi connectivity index (χ0n) is 18.7. The number of hydrogen-bond donors (Lipinski definition) is 1. The molecule has 3 aromatic rings. The highest BCUT2D eigenvalue weighted by molar-refractivity contribution is 7.87. The Hall–Kier alpha value is -4.44. The summed E-state index contributed by atoms with van der Waals surface area (Å²) in [6, 6.07) is 17.7. The number of methoxy groups -OCH3 is 1. The fraction of sp³-hybridized carbons (Fsp3) is 0.0800. The van der Waals surface area contributed by atoms with Gasteiger partial charge in [0.2, 0.25) is 0 Å². The van der Waals surface area contributed by atoms with Crippen LogP contribution in [0.2, 0.25) is 0 Å². The van der Waals surface area contributed by atoms with Crippen molar-refractivity contribution in [3.63, 3.8) is 0 Å². The number of barbiturate groups is 1. The first-order chi connectivity index (χ1) is 16.7. The third kappa shape index (κ3) is 4.92. The van der Waals surface area contributed by atoms with E-state index in [0.29, 0.717) is 11.3 Å². The van der Waals surface area contributed by atoms with Crippen LogP contribution in [-0.4, -0.2) is 33.4 Å². The van der Waals surface area contributed by atoms with Crippen LogP contribution in [-0.2, 0) is 19.7 Å². The molecule has 0 radical (unpaired) electrons. The molecule has 1 N–H and O–H groups in total. The molecule has 0 spiro atoms. The molecule has 0 aromatic heterocycles. The number of hydrogen-bond acceptors (Lipinski definition) is 7. The van der Waals surface area contributed by atoms with E-state index in [4.69, 9.17) is 8.92 Å². The van der Waals surface area contributed by atoms with Gasteiger partial charge in [-0.1, -0.05) is 42.0 Å². The first kappa shape index (κ1) is 23.7. The van der Waals surface area contributed by atoms with Crippen molar-refractivity contribution < 1.29 is 31.7 Å². The summed E-state index contributed by atoms with van der Waals surface area (Å²) in [6.07, 6.45) is 1.28. The number of anilines is 1. The van der Waals surface area contributed by atoms with E-state index in [1.807, 2.05) is 6.92 Å². The lowest BCUT2D eigenvalue weighted by Gasteiger charge is -2.26. The maximum atomic E-state index is 13.0.